The number of hydrogen-bond acceptors (Lipinski definition) is 4. The van der Waals surface area contributed by atoms with Crippen molar-refractivity contribution >= 4 is 47.0 Å². The fourth-order valence-corrected chi connectivity index (χ4v) is 7.63. The molecular weight excluding hydrogens is 272 g/mol. The van der Waals surface area contributed by atoms with Crippen LogP contribution in [0.3, 0.4) is 0 Å². The van der Waals surface area contributed by atoms with Gasteiger partial charge in [0.05, 0.1) is 9.16 Å². The molecule has 86 valence electrons. The minimum absolute atomic E-state index is 0.693. The van der Waals surface area contributed by atoms with Gasteiger partial charge < -0.3 is 0 Å². The molecule has 3 rings (SSSR count). The van der Waals surface area contributed by atoms with Crippen LogP contribution in [0.1, 0.15) is 20.3 Å². The zero-order valence-corrected chi connectivity index (χ0v) is 12.2. The quantitative estimate of drug-likeness (QED) is 0.776. The third kappa shape index (κ3) is 2.55. The maximum Gasteiger partial charge on any atom is 0.0751 e. The molecule has 0 radical (unpaired) electrons. The second-order valence-electron chi connectivity index (χ2n) is 3.81. The molecule has 0 bridgehead atoms. The van der Waals surface area contributed by atoms with E-state index >= 15 is 0 Å². The van der Waals surface area contributed by atoms with Crippen molar-refractivity contribution in [3.05, 3.63) is 35.4 Å². The summed E-state index contributed by atoms with van der Waals surface area (Å²) < 4.78 is 1.39. The molecule has 1 aromatic rings. The fourth-order valence-electron chi connectivity index (χ4n) is 1.91. The summed E-state index contributed by atoms with van der Waals surface area (Å²) in [5.41, 5.74) is 3.01. The van der Waals surface area contributed by atoms with Gasteiger partial charge >= 0.3 is 0 Å². The van der Waals surface area contributed by atoms with Crippen LogP contribution in [0.15, 0.2) is 24.3 Å². The molecule has 1 aromatic carbocycles. The molecule has 0 saturated carbocycles. The first-order valence-electron chi connectivity index (χ1n) is 5.50. The molecule has 2 heterocycles. The third-order valence-electron chi connectivity index (χ3n) is 2.72. The van der Waals surface area contributed by atoms with Gasteiger partial charge in [-0.2, -0.15) is 0 Å². The molecule has 0 spiro atoms. The van der Waals surface area contributed by atoms with Crippen molar-refractivity contribution in [1.29, 1.82) is 0 Å². The smallest absolute Gasteiger partial charge is 0.0751 e. The van der Waals surface area contributed by atoms with Gasteiger partial charge in [-0.3, -0.25) is 0 Å². The van der Waals surface area contributed by atoms with Crippen molar-refractivity contribution in [3.63, 3.8) is 0 Å². The van der Waals surface area contributed by atoms with Gasteiger partial charge in [-0.15, -0.1) is 47.0 Å². The summed E-state index contributed by atoms with van der Waals surface area (Å²) in [6.45, 7) is 0. The Morgan fingerprint density at radius 2 is 0.938 bits per heavy atom. The average Bonchev–Trinajstić information content (AvgIpc) is 3.03. The van der Waals surface area contributed by atoms with Crippen molar-refractivity contribution < 1.29 is 0 Å². The van der Waals surface area contributed by atoms with Crippen LogP contribution in [-0.4, -0.2) is 23.0 Å². The van der Waals surface area contributed by atoms with Crippen molar-refractivity contribution in [2.75, 3.05) is 23.0 Å². The second-order valence-corrected chi connectivity index (χ2v) is 9.26. The molecule has 2 fully saturated rings. The predicted molar refractivity (Wildman–Crippen MR) is 81.8 cm³/mol. The molecule has 2 saturated heterocycles. The molecule has 0 aliphatic carbocycles. The number of benzene rings is 1. The zero-order chi connectivity index (χ0) is 10.8. The van der Waals surface area contributed by atoms with E-state index in [1.165, 1.54) is 34.1 Å². The van der Waals surface area contributed by atoms with E-state index in [1.807, 2.05) is 0 Å². The summed E-state index contributed by atoms with van der Waals surface area (Å²) in [5, 5.41) is 0. The summed E-state index contributed by atoms with van der Waals surface area (Å²) >= 11 is 8.34. The van der Waals surface area contributed by atoms with E-state index in [4.69, 9.17) is 0 Å². The van der Waals surface area contributed by atoms with Crippen LogP contribution in [-0.2, 0) is 0 Å². The molecule has 0 unspecified atom stereocenters. The summed E-state index contributed by atoms with van der Waals surface area (Å²) in [6.07, 6.45) is 0. The van der Waals surface area contributed by atoms with E-state index < -0.39 is 0 Å². The van der Waals surface area contributed by atoms with Gasteiger partial charge in [0, 0.05) is 23.0 Å². The van der Waals surface area contributed by atoms with Gasteiger partial charge in [-0.1, -0.05) is 24.3 Å². The van der Waals surface area contributed by atoms with E-state index in [1.54, 1.807) is 0 Å². The lowest BCUT2D eigenvalue weighted by molar-refractivity contribution is 1.32. The molecule has 0 nitrogen and oxygen atoms in total. The van der Waals surface area contributed by atoms with Crippen LogP contribution < -0.4 is 0 Å². The Hall–Kier alpha value is 0.620. The third-order valence-corrected chi connectivity index (χ3v) is 8.93. The number of thioether (sulfide) groups is 4. The molecule has 2 aliphatic rings. The Morgan fingerprint density at radius 1 is 0.625 bits per heavy atom. The second kappa shape index (κ2) is 5.51. The Morgan fingerprint density at radius 3 is 1.25 bits per heavy atom. The van der Waals surface area contributed by atoms with Crippen molar-refractivity contribution in [2.24, 2.45) is 0 Å². The van der Waals surface area contributed by atoms with Gasteiger partial charge in [-0.05, 0) is 11.1 Å². The maximum atomic E-state index is 2.34. The minimum Gasteiger partial charge on any atom is -0.142 e. The Labute approximate surface area is 114 Å². The van der Waals surface area contributed by atoms with Crippen LogP contribution >= 0.6 is 47.0 Å². The lowest BCUT2D eigenvalue weighted by Crippen LogP contribution is -1.88. The normalized spacial score (nSPS) is 23.0. The van der Waals surface area contributed by atoms with Gasteiger partial charge in [-0.25, -0.2) is 0 Å². The van der Waals surface area contributed by atoms with E-state index in [9.17, 15) is 0 Å². The summed E-state index contributed by atoms with van der Waals surface area (Å²) in [6, 6.07) is 9.35. The first-order valence-corrected chi connectivity index (χ1v) is 9.69. The summed E-state index contributed by atoms with van der Waals surface area (Å²) in [5.74, 6) is 5.24. The Kier molecular flexibility index (Phi) is 4.03. The molecule has 0 amide bonds. The van der Waals surface area contributed by atoms with Crippen LogP contribution in [0.4, 0.5) is 0 Å². The number of hydrogen-bond donors (Lipinski definition) is 0. The van der Waals surface area contributed by atoms with Crippen LogP contribution in [0, 0.1) is 0 Å². The molecule has 2 aliphatic heterocycles. The van der Waals surface area contributed by atoms with Gasteiger partial charge in [0.2, 0.25) is 0 Å². The topological polar surface area (TPSA) is 0 Å². The van der Waals surface area contributed by atoms with Crippen molar-refractivity contribution in [1.82, 2.24) is 0 Å². The Bertz CT molecular complexity index is 302. The highest BCUT2D eigenvalue weighted by atomic mass is 32.2. The van der Waals surface area contributed by atoms with Crippen LogP contribution in [0.2, 0.25) is 0 Å². The standard InChI is InChI=1S/C12H14S4/c1-2-10(12-15-7-8-16-12)4-3-9(1)11-13-5-6-14-11/h1-4,11-12H,5-8H2. The highest BCUT2D eigenvalue weighted by Crippen LogP contribution is 2.47. The van der Waals surface area contributed by atoms with E-state index in [2.05, 4.69) is 71.3 Å². The van der Waals surface area contributed by atoms with Crippen molar-refractivity contribution in [2.45, 2.75) is 9.16 Å². The first-order chi connectivity index (χ1) is 7.93. The minimum atomic E-state index is 0.693. The molecular formula is C12H14S4. The highest BCUT2D eigenvalue weighted by molar-refractivity contribution is 8.19. The molecule has 0 N–H and O–H groups in total. The molecule has 0 aromatic heterocycles. The van der Waals surface area contributed by atoms with Crippen molar-refractivity contribution in [3.8, 4) is 0 Å². The Balaban J connectivity index is 1.73. The van der Waals surface area contributed by atoms with E-state index in [0.29, 0.717) is 9.16 Å². The monoisotopic (exact) mass is 286 g/mol. The van der Waals surface area contributed by atoms with Gasteiger partial charge in [0.15, 0.2) is 0 Å². The molecule has 16 heavy (non-hydrogen) atoms. The summed E-state index contributed by atoms with van der Waals surface area (Å²) in [7, 11) is 0. The van der Waals surface area contributed by atoms with Gasteiger partial charge in [0.25, 0.3) is 0 Å². The van der Waals surface area contributed by atoms with E-state index in [0.717, 1.165) is 0 Å². The molecule has 4 heteroatoms. The average molecular weight is 287 g/mol. The largest absolute Gasteiger partial charge is 0.142 e. The summed E-state index contributed by atoms with van der Waals surface area (Å²) in [4.78, 5) is 0. The SMILES string of the molecule is c1cc(C2SCCS2)ccc1C1SCCS1. The van der Waals surface area contributed by atoms with E-state index in [-0.39, 0.29) is 0 Å². The van der Waals surface area contributed by atoms with Crippen LogP contribution in [0.5, 0.6) is 0 Å². The molecule has 0 atom stereocenters. The lowest BCUT2D eigenvalue weighted by Gasteiger charge is -2.11. The van der Waals surface area contributed by atoms with Gasteiger partial charge in [0.1, 0.15) is 0 Å². The first kappa shape index (κ1) is 11.7. The van der Waals surface area contributed by atoms with Crippen LogP contribution in [0.25, 0.3) is 0 Å². The lowest BCUT2D eigenvalue weighted by atomic mass is 10.2. The maximum absolute atomic E-state index is 2.34. The predicted octanol–water partition coefficient (Wildman–Crippen LogP) is 4.64. The highest BCUT2D eigenvalue weighted by Gasteiger charge is 2.20. The fraction of sp³-hybridized carbons (Fsp3) is 0.500. The number of rotatable bonds is 2. The zero-order valence-electron chi connectivity index (χ0n) is 8.93.